The van der Waals surface area contributed by atoms with Gasteiger partial charge in [-0.1, -0.05) is 15.9 Å². The molecule has 18 heavy (non-hydrogen) atoms. The Hall–Kier alpha value is -1.54. The van der Waals surface area contributed by atoms with Crippen molar-refractivity contribution in [2.24, 2.45) is 0 Å². The molecule has 0 unspecified atom stereocenters. The summed E-state index contributed by atoms with van der Waals surface area (Å²) in [4.78, 5) is 11.5. The van der Waals surface area contributed by atoms with E-state index in [9.17, 15) is 4.79 Å². The van der Waals surface area contributed by atoms with E-state index in [1.807, 2.05) is 6.07 Å². The van der Waals surface area contributed by atoms with Crippen molar-refractivity contribution >= 4 is 21.9 Å². The van der Waals surface area contributed by atoms with Gasteiger partial charge in [0, 0.05) is 5.33 Å². The maximum atomic E-state index is 11.5. The Morgan fingerprint density at radius 3 is 2.72 bits per heavy atom. The number of alkyl halides is 1. The number of rotatable bonds is 5. The van der Waals surface area contributed by atoms with Crippen LogP contribution >= 0.6 is 15.9 Å². The first-order valence-electron chi connectivity index (χ1n) is 5.47. The van der Waals surface area contributed by atoms with Crippen LogP contribution < -0.4 is 4.74 Å². The van der Waals surface area contributed by atoms with Crippen LogP contribution in [0.15, 0.2) is 12.1 Å². The Kier molecular flexibility index (Phi) is 5.66. The second kappa shape index (κ2) is 7.02. The second-order valence-electron chi connectivity index (χ2n) is 3.54. The minimum atomic E-state index is -0.332. The van der Waals surface area contributed by atoms with Crippen molar-refractivity contribution in [3.8, 4) is 11.8 Å². The summed E-state index contributed by atoms with van der Waals surface area (Å²) in [5.74, 6) is 0.273. The van der Waals surface area contributed by atoms with Gasteiger partial charge in [-0.3, -0.25) is 4.79 Å². The average Bonchev–Trinajstić information content (AvgIpc) is 2.39. The van der Waals surface area contributed by atoms with Crippen LogP contribution in [0.25, 0.3) is 0 Å². The van der Waals surface area contributed by atoms with E-state index in [4.69, 9.17) is 14.7 Å². The Morgan fingerprint density at radius 1 is 1.50 bits per heavy atom. The summed E-state index contributed by atoms with van der Waals surface area (Å²) in [5, 5.41) is 9.68. The zero-order valence-electron chi connectivity index (χ0n) is 10.3. The molecule has 4 nitrogen and oxygen atoms in total. The third-order valence-corrected chi connectivity index (χ3v) is 3.05. The van der Waals surface area contributed by atoms with Crippen LogP contribution in [0.4, 0.5) is 0 Å². The molecule has 0 fully saturated rings. The molecule has 96 valence electrons. The molecular weight excluding hydrogens is 298 g/mol. The Labute approximate surface area is 115 Å². The third-order valence-electron chi connectivity index (χ3n) is 2.44. The van der Waals surface area contributed by atoms with Crippen LogP contribution in [-0.4, -0.2) is 19.7 Å². The molecule has 0 spiro atoms. The molecule has 0 aliphatic rings. The maximum absolute atomic E-state index is 11.5. The number of ether oxygens (including phenoxy) is 2. The first-order valence-corrected chi connectivity index (χ1v) is 6.59. The molecule has 1 rings (SSSR count). The summed E-state index contributed by atoms with van der Waals surface area (Å²) in [5.41, 5.74) is 1.99. The van der Waals surface area contributed by atoms with Crippen molar-refractivity contribution in [1.82, 2.24) is 0 Å². The summed E-state index contributed by atoms with van der Waals surface area (Å²) in [6, 6.07) is 5.52. The van der Waals surface area contributed by atoms with Crippen LogP contribution in [-0.2, 0) is 21.3 Å². The Balaban J connectivity index is 3.15. The van der Waals surface area contributed by atoms with E-state index in [1.54, 1.807) is 20.1 Å². The predicted molar refractivity (Wildman–Crippen MR) is 70.7 cm³/mol. The van der Waals surface area contributed by atoms with Gasteiger partial charge in [-0.05, 0) is 30.2 Å². The van der Waals surface area contributed by atoms with Crippen LogP contribution in [0.2, 0.25) is 0 Å². The lowest BCUT2D eigenvalue weighted by atomic mass is 9.99. The van der Waals surface area contributed by atoms with E-state index in [0.29, 0.717) is 28.8 Å². The number of nitriles is 1. The zero-order chi connectivity index (χ0) is 13.5. The van der Waals surface area contributed by atoms with Gasteiger partial charge in [0.15, 0.2) is 0 Å². The lowest BCUT2D eigenvalue weighted by molar-refractivity contribution is -0.142. The van der Waals surface area contributed by atoms with E-state index in [2.05, 4.69) is 22.0 Å². The predicted octanol–water partition coefficient (Wildman–Crippen LogP) is 2.57. The van der Waals surface area contributed by atoms with Gasteiger partial charge in [0.05, 0.1) is 31.8 Å². The van der Waals surface area contributed by atoms with Crippen LogP contribution in [0.3, 0.4) is 0 Å². The smallest absolute Gasteiger partial charge is 0.310 e. The highest BCUT2D eigenvalue weighted by molar-refractivity contribution is 9.08. The number of nitrogens with zero attached hydrogens (tertiary/aromatic N) is 1. The molecule has 5 heteroatoms. The van der Waals surface area contributed by atoms with Gasteiger partial charge in [-0.2, -0.15) is 5.26 Å². The van der Waals surface area contributed by atoms with E-state index in [0.717, 1.165) is 5.56 Å². The number of carbonyl (C=O) groups is 1. The van der Waals surface area contributed by atoms with Crippen molar-refractivity contribution in [1.29, 1.82) is 5.26 Å². The van der Waals surface area contributed by atoms with E-state index >= 15 is 0 Å². The van der Waals surface area contributed by atoms with E-state index in [-0.39, 0.29) is 12.4 Å². The topological polar surface area (TPSA) is 59.3 Å². The first-order chi connectivity index (χ1) is 8.65. The third kappa shape index (κ3) is 3.47. The highest BCUT2D eigenvalue weighted by Gasteiger charge is 2.15. The molecular formula is C13H14BrNO3. The van der Waals surface area contributed by atoms with Crippen molar-refractivity contribution in [3.05, 3.63) is 28.8 Å². The summed E-state index contributed by atoms with van der Waals surface area (Å²) >= 11 is 3.35. The SMILES string of the molecule is CCOC(=O)Cc1c(C#N)cc(OC)cc1CBr. The molecule has 1 aromatic carbocycles. The molecule has 0 N–H and O–H groups in total. The lowest BCUT2D eigenvalue weighted by Crippen LogP contribution is -2.10. The number of methoxy groups -OCH3 is 1. The summed E-state index contributed by atoms with van der Waals surface area (Å²) in [6.45, 7) is 2.09. The van der Waals surface area contributed by atoms with Gasteiger partial charge in [-0.25, -0.2) is 0 Å². The fraction of sp³-hybridized carbons (Fsp3) is 0.385. The molecule has 0 aliphatic carbocycles. The van der Waals surface area contributed by atoms with Gasteiger partial charge in [0.25, 0.3) is 0 Å². The minimum absolute atomic E-state index is 0.0989. The molecule has 0 radical (unpaired) electrons. The lowest BCUT2D eigenvalue weighted by Gasteiger charge is -2.11. The minimum Gasteiger partial charge on any atom is -0.497 e. The van der Waals surface area contributed by atoms with Gasteiger partial charge < -0.3 is 9.47 Å². The van der Waals surface area contributed by atoms with Crippen molar-refractivity contribution in [3.63, 3.8) is 0 Å². The number of carbonyl (C=O) groups excluding carboxylic acids is 1. The van der Waals surface area contributed by atoms with Crippen LogP contribution in [0.1, 0.15) is 23.6 Å². The molecule has 1 aromatic rings. The molecule has 0 atom stereocenters. The molecule has 0 saturated heterocycles. The largest absolute Gasteiger partial charge is 0.497 e. The number of esters is 1. The van der Waals surface area contributed by atoms with Crippen LogP contribution in [0.5, 0.6) is 5.75 Å². The van der Waals surface area contributed by atoms with Crippen molar-refractivity contribution in [2.75, 3.05) is 13.7 Å². The highest BCUT2D eigenvalue weighted by Crippen LogP contribution is 2.25. The molecule has 0 bridgehead atoms. The van der Waals surface area contributed by atoms with Crippen molar-refractivity contribution in [2.45, 2.75) is 18.7 Å². The zero-order valence-corrected chi connectivity index (χ0v) is 11.9. The quantitative estimate of drug-likeness (QED) is 0.619. The number of hydrogen-bond acceptors (Lipinski definition) is 4. The van der Waals surface area contributed by atoms with E-state index in [1.165, 1.54) is 0 Å². The standard InChI is InChI=1S/C13H14BrNO3/c1-3-18-13(16)6-12-9(7-14)4-11(17-2)5-10(12)8-15/h4-5H,3,6-7H2,1-2H3. The second-order valence-corrected chi connectivity index (χ2v) is 4.10. The molecule has 0 aromatic heterocycles. The first kappa shape index (κ1) is 14.5. The highest BCUT2D eigenvalue weighted by atomic mass is 79.9. The fourth-order valence-corrected chi connectivity index (χ4v) is 2.11. The van der Waals surface area contributed by atoms with Gasteiger partial charge >= 0.3 is 5.97 Å². The Morgan fingerprint density at radius 2 is 2.22 bits per heavy atom. The van der Waals surface area contributed by atoms with E-state index < -0.39 is 0 Å². The molecule has 0 amide bonds. The summed E-state index contributed by atoms with van der Waals surface area (Å²) in [7, 11) is 1.54. The molecule has 0 saturated carbocycles. The average molecular weight is 312 g/mol. The van der Waals surface area contributed by atoms with Gasteiger partial charge in [0.2, 0.25) is 0 Å². The summed E-state index contributed by atoms with van der Waals surface area (Å²) < 4.78 is 10.0. The molecule has 0 heterocycles. The van der Waals surface area contributed by atoms with Crippen molar-refractivity contribution < 1.29 is 14.3 Å². The number of benzene rings is 1. The fourth-order valence-electron chi connectivity index (χ4n) is 1.60. The van der Waals surface area contributed by atoms with Gasteiger partial charge in [0.1, 0.15) is 5.75 Å². The Bertz CT molecular complexity index is 480. The van der Waals surface area contributed by atoms with Crippen LogP contribution in [0, 0.1) is 11.3 Å². The maximum Gasteiger partial charge on any atom is 0.310 e. The number of halogens is 1. The monoisotopic (exact) mass is 311 g/mol. The number of hydrogen-bond donors (Lipinski definition) is 0. The summed E-state index contributed by atoms with van der Waals surface area (Å²) in [6.07, 6.45) is 0.0989. The van der Waals surface area contributed by atoms with Gasteiger partial charge in [-0.15, -0.1) is 0 Å². The normalized spacial score (nSPS) is 9.67. The molecule has 0 aliphatic heterocycles.